The number of ether oxygens (including phenoxy) is 2. The molecule has 5 heteroatoms. The molecule has 0 aromatic heterocycles. The van der Waals surface area contributed by atoms with Crippen LogP contribution in [0.15, 0.2) is 75.7 Å². The molecule has 26 heavy (non-hydrogen) atoms. The number of methoxy groups -OCH3 is 1. The first-order chi connectivity index (χ1) is 12.7. The second-order valence-corrected chi connectivity index (χ2v) is 7.50. The molecule has 0 atom stereocenters. The van der Waals surface area contributed by atoms with E-state index in [1.54, 1.807) is 7.11 Å². The smallest absolute Gasteiger partial charge is 0.139 e. The highest BCUT2D eigenvalue weighted by Gasteiger charge is 2.11. The topological polar surface area (TPSA) is 30.5 Å². The minimum Gasteiger partial charge on any atom is -0.497 e. The van der Waals surface area contributed by atoms with Gasteiger partial charge in [-0.25, -0.2) is 0 Å². The summed E-state index contributed by atoms with van der Waals surface area (Å²) in [5.74, 6) is 1.69. The summed E-state index contributed by atoms with van der Waals surface area (Å²) in [5.41, 5.74) is 3.23. The summed E-state index contributed by atoms with van der Waals surface area (Å²) in [6.07, 6.45) is 0. The molecule has 134 valence electrons. The van der Waals surface area contributed by atoms with Crippen LogP contribution in [0.4, 0.5) is 5.69 Å². The molecule has 0 aliphatic heterocycles. The first kappa shape index (κ1) is 18.8. The van der Waals surface area contributed by atoms with Gasteiger partial charge in [-0.1, -0.05) is 46.3 Å². The van der Waals surface area contributed by atoms with Crippen LogP contribution in [0.5, 0.6) is 11.5 Å². The molecule has 0 heterocycles. The summed E-state index contributed by atoms with van der Waals surface area (Å²) in [7, 11) is 1.66. The normalized spacial score (nSPS) is 10.4. The van der Waals surface area contributed by atoms with Gasteiger partial charge in [-0.3, -0.25) is 0 Å². The summed E-state index contributed by atoms with van der Waals surface area (Å²) in [4.78, 5) is 0. The lowest BCUT2D eigenvalue weighted by Gasteiger charge is -2.15. The lowest BCUT2D eigenvalue weighted by atomic mass is 10.2. The van der Waals surface area contributed by atoms with E-state index in [9.17, 15) is 0 Å². The van der Waals surface area contributed by atoms with E-state index in [4.69, 9.17) is 9.47 Å². The number of benzene rings is 3. The van der Waals surface area contributed by atoms with Crippen molar-refractivity contribution in [1.29, 1.82) is 0 Å². The predicted molar refractivity (Wildman–Crippen MR) is 113 cm³/mol. The van der Waals surface area contributed by atoms with Gasteiger partial charge in [0, 0.05) is 22.3 Å². The maximum atomic E-state index is 6.11. The van der Waals surface area contributed by atoms with Gasteiger partial charge in [-0.15, -0.1) is 0 Å². The molecule has 0 radical (unpaired) electrons. The maximum absolute atomic E-state index is 6.11. The zero-order valence-electron chi connectivity index (χ0n) is 14.3. The van der Waals surface area contributed by atoms with Crippen LogP contribution < -0.4 is 14.8 Å². The first-order valence-electron chi connectivity index (χ1n) is 8.18. The Morgan fingerprint density at radius 3 is 2.35 bits per heavy atom. The molecular weight excluding hydrogens is 458 g/mol. The Kier molecular flexibility index (Phi) is 6.58. The summed E-state index contributed by atoms with van der Waals surface area (Å²) in [6, 6.07) is 22.1. The first-order valence-corrected chi connectivity index (χ1v) is 9.77. The fourth-order valence-corrected chi connectivity index (χ4v) is 3.97. The van der Waals surface area contributed by atoms with Crippen LogP contribution >= 0.6 is 31.9 Å². The second-order valence-electron chi connectivity index (χ2n) is 5.73. The van der Waals surface area contributed by atoms with E-state index in [1.165, 1.54) is 0 Å². The fourth-order valence-electron chi connectivity index (χ4n) is 2.54. The van der Waals surface area contributed by atoms with Crippen molar-refractivity contribution in [3.8, 4) is 11.5 Å². The zero-order chi connectivity index (χ0) is 18.4. The van der Waals surface area contributed by atoms with Crippen LogP contribution in [0.3, 0.4) is 0 Å². The molecule has 0 bridgehead atoms. The van der Waals surface area contributed by atoms with Crippen molar-refractivity contribution in [2.24, 2.45) is 0 Å². The summed E-state index contributed by atoms with van der Waals surface area (Å²) >= 11 is 7.18. The zero-order valence-corrected chi connectivity index (χ0v) is 17.5. The molecule has 3 aromatic rings. The molecule has 0 amide bonds. The quantitative estimate of drug-likeness (QED) is 0.427. The standard InChI is InChI=1S/C21H19Br2NO2/c1-25-19-9-7-18(8-10-19)24-13-16-11-17(22)12-20(23)21(16)26-14-15-5-3-2-4-6-15/h2-12,24H,13-14H2,1H3. The Morgan fingerprint density at radius 2 is 1.65 bits per heavy atom. The van der Waals surface area contributed by atoms with E-state index in [2.05, 4.69) is 55.4 Å². The Hall–Kier alpha value is -1.98. The molecule has 3 aromatic carbocycles. The van der Waals surface area contributed by atoms with Crippen molar-refractivity contribution in [1.82, 2.24) is 0 Å². The number of hydrogen-bond donors (Lipinski definition) is 1. The van der Waals surface area contributed by atoms with Crippen LogP contribution in [0.25, 0.3) is 0 Å². The molecule has 0 unspecified atom stereocenters. The highest BCUT2D eigenvalue weighted by molar-refractivity contribution is 9.11. The van der Waals surface area contributed by atoms with Crippen molar-refractivity contribution in [2.45, 2.75) is 13.2 Å². The number of anilines is 1. The van der Waals surface area contributed by atoms with Crippen LogP contribution in [0.1, 0.15) is 11.1 Å². The molecule has 3 nitrogen and oxygen atoms in total. The molecule has 0 spiro atoms. The molecule has 0 saturated heterocycles. The van der Waals surface area contributed by atoms with E-state index < -0.39 is 0 Å². The van der Waals surface area contributed by atoms with E-state index in [1.807, 2.05) is 48.5 Å². The lowest BCUT2D eigenvalue weighted by Crippen LogP contribution is -2.04. The Labute approximate surface area is 170 Å². The van der Waals surface area contributed by atoms with Gasteiger partial charge in [0.25, 0.3) is 0 Å². The highest BCUT2D eigenvalue weighted by atomic mass is 79.9. The van der Waals surface area contributed by atoms with Crippen molar-refractivity contribution >= 4 is 37.5 Å². The van der Waals surface area contributed by atoms with Crippen LogP contribution in [-0.4, -0.2) is 7.11 Å². The Bertz CT molecular complexity index is 852. The van der Waals surface area contributed by atoms with Gasteiger partial charge < -0.3 is 14.8 Å². The minimum absolute atomic E-state index is 0.524. The molecule has 3 rings (SSSR count). The molecule has 0 aliphatic carbocycles. The third kappa shape index (κ3) is 5.02. The molecule has 1 N–H and O–H groups in total. The number of nitrogens with one attached hydrogen (secondary N) is 1. The van der Waals surface area contributed by atoms with E-state index >= 15 is 0 Å². The average Bonchev–Trinajstić information content (AvgIpc) is 2.66. The van der Waals surface area contributed by atoms with Gasteiger partial charge in [-0.05, 0) is 57.9 Å². The van der Waals surface area contributed by atoms with Gasteiger partial charge in [0.05, 0.1) is 11.6 Å². The Balaban J connectivity index is 1.74. The van der Waals surface area contributed by atoms with Gasteiger partial charge in [-0.2, -0.15) is 0 Å². The van der Waals surface area contributed by atoms with Gasteiger partial charge in [0.1, 0.15) is 18.1 Å². The van der Waals surface area contributed by atoms with Crippen molar-refractivity contribution < 1.29 is 9.47 Å². The monoisotopic (exact) mass is 475 g/mol. The Morgan fingerprint density at radius 1 is 0.923 bits per heavy atom. The summed E-state index contributed by atoms with van der Waals surface area (Å²) in [6.45, 7) is 1.17. The lowest BCUT2D eigenvalue weighted by molar-refractivity contribution is 0.301. The van der Waals surface area contributed by atoms with Gasteiger partial charge >= 0.3 is 0 Å². The molecule has 0 aliphatic rings. The van der Waals surface area contributed by atoms with Crippen molar-refractivity contribution in [3.63, 3.8) is 0 Å². The van der Waals surface area contributed by atoms with Gasteiger partial charge in [0.2, 0.25) is 0 Å². The SMILES string of the molecule is COc1ccc(NCc2cc(Br)cc(Br)c2OCc2ccccc2)cc1. The van der Waals surface area contributed by atoms with E-state index in [0.29, 0.717) is 13.2 Å². The van der Waals surface area contributed by atoms with E-state index in [-0.39, 0.29) is 0 Å². The predicted octanol–water partition coefficient (Wildman–Crippen LogP) is 6.41. The maximum Gasteiger partial charge on any atom is 0.139 e. The van der Waals surface area contributed by atoms with Crippen LogP contribution in [0, 0.1) is 0 Å². The van der Waals surface area contributed by atoms with Gasteiger partial charge in [0.15, 0.2) is 0 Å². The van der Waals surface area contributed by atoms with Crippen molar-refractivity contribution in [3.05, 3.63) is 86.8 Å². The average molecular weight is 477 g/mol. The van der Waals surface area contributed by atoms with Crippen LogP contribution in [0.2, 0.25) is 0 Å². The van der Waals surface area contributed by atoms with Crippen molar-refractivity contribution in [2.75, 3.05) is 12.4 Å². The minimum atomic E-state index is 0.524. The summed E-state index contributed by atoms with van der Waals surface area (Å²) < 4.78 is 13.2. The third-order valence-corrected chi connectivity index (χ3v) is 4.93. The fraction of sp³-hybridized carbons (Fsp3) is 0.143. The number of hydrogen-bond acceptors (Lipinski definition) is 3. The molecular formula is C21H19Br2NO2. The second kappa shape index (κ2) is 9.10. The van der Waals surface area contributed by atoms with Crippen LogP contribution in [-0.2, 0) is 13.2 Å². The summed E-state index contributed by atoms with van der Waals surface area (Å²) in [5, 5.41) is 3.43. The number of halogens is 2. The third-order valence-electron chi connectivity index (χ3n) is 3.88. The molecule has 0 saturated carbocycles. The highest BCUT2D eigenvalue weighted by Crippen LogP contribution is 2.34. The number of rotatable bonds is 7. The molecule has 0 fully saturated rings. The van der Waals surface area contributed by atoms with E-state index in [0.717, 1.165) is 37.3 Å². The largest absolute Gasteiger partial charge is 0.497 e.